The van der Waals surface area contributed by atoms with Crippen molar-refractivity contribution in [1.29, 1.82) is 0 Å². The lowest BCUT2D eigenvalue weighted by atomic mass is 10.4. The molecule has 0 saturated carbocycles. The van der Waals surface area contributed by atoms with Gasteiger partial charge in [-0.2, -0.15) is 0 Å². The van der Waals surface area contributed by atoms with E-state index in [9.17, 15) is 4.79 Å². The van der Waals surface area contributed by atoms with Gasteiger partial charge in [0.15, 0.2) is 0 Å². The zero-order valence-corrected chi connectivity index (χ0v) is 7.77. The molecule has 0 unspecified atom stereocenters. The second-order valence-electron chi connectivity index (χ2n) is 2.25. The fourth-order valence-electron chi connectivity index (χ4n) is 0.250. The Balaban J connectivity index is 0. The Morgan fingerprint density at radius 3 is 2.23 bits per heavy atom. The Kier molecular flexibility index (Phi) is 12.9. The third-order valence-corrected chi connectivity index (χ3v) is 0.887. The smallest absolute Gasteiger partial charge is 0.320 e. The largest absolute Gasteiger partial charge is 0.480 e. The SMILES string of the molecule is C[C@H](N)C(=O)O.NCCOCCO. The summed E-state index contributed by atoms with van der Waals surface area (Å²) in [5.41, 5.74) is 9.90. The van der Waals surface area contributed by atoms with Crippen LogP contribution in [0.1, 0.15) is 6.92 Å². The van der Waals surface area contributed by atoms with E-state index in [4.69, 9.17) is 26.4 Å². The number of aliphatic hydroxyl groups excluding tert-OH is 1. The monoisotopic (exact) mass is 194 g/mol. The fraction of sp³-hybridized carbons (Fsp3) is 0.857. The van der Waals surface area contributed by atoms with Gasteiger partial charge in [-0.15, -0.1) is 0 Å². The van der Waals surface area contributed by atoms with Gasteiger partial charge >= 0.3 is 5.97 Å². The third kappa shape index (κ3) is 18.3. The van der Waals surface area contributed by atoms with Crippen LogP contribution in [0.25, 0.3) is 0 Å². The number of aliphatic hydroxyl groups is 1. The number of aliphatic carboxylic acids is 1. The summed E-state index contributed by atoms with van der Waals surface area (Å²) in [5, 5.41) is 16.0. The first kappa shape index (κ1) is 14.8. The molecule has 0 bridgehead atoms. The van der Waals surface area contributed by atoms with E-state index in [1.165, 1.54) is 6.92 Å². The minimum Gasteiger partial charge on any atom is -0.480 e. The summed E-state index contributed by atoms with van der Waals surface area (Å²) in [4.78, 5) is 9.57. The van der Waals surface area contributed by atoms with Crippen LogP contribution in [0, 0.1) is 0 Å². The highest BCUT2D eigenvalue weighted by Gasteiger charge is 1.99. The van der Waals surface area contributed by atoms with E-state index in [0.717, 1.165) is 0 Å². The van der Waals surface area contributed by atoms with Crippen molar-refractivity contribution in [1.82, 2.24) is 0 Å². The maximum absolute atomic E-state index is 9.57. The van der Waals surface area contributed by atoms with Crippen molar-refractivity contribution in [2.45, 2.75) is 13.0 Å². The fourth-order valence-corrected chi connectivity index (χ4v) is 0.250. The number of carbonyl (C=O) groups is 1. The molecule has 0 aliphatic carbocycles. The molecule has 13 heavy (non-hydrogen) atoms. The summed E-state index contributed by atoms with van der Waals surface area (Å²) in [6.07, 6.45) is 0. The van der Waals surface area contributed by atoms with Gasteiger partial charge in [0.05, 0.1) is 19.8 Å². The first-order valence-electron chi connectivity index (χ1n) is 3.93. The Hall–Kier alpha value is -0.690. The first-order chi connectivity index (χ1) is 6.06. The molecular weight excluding hydrogens is 176 g/mol. The van der Waals surface area contributed by atoms with Crippen LogP contribution in [0.5, 0.6) is 0 Å². The van der Waals surface area contributed by atoms with Crippen molar-refractivity contribution < 1.29 is 19.7 Å². The maximum Gasteiger partial charge on any atom is 0.320 e. The third-order valence-electron chi connectivity index (χ3n) is 0.887. The zero-order chi connectivity index (χ0) is 10.7. The molecule has 0 fully saturated rings. The van der Waals surface area contributed by atoms with E-state index in [2.05, 4.69) is 0 Å². The van der Waals surface area contributed by atoms with Gasteiger partial charge in [0.2, 0.25) is 0 Å². The lowest BCUT2D eigenvalue weighted by Crippen LogP contribution is -2.25. The van der Waals surface area contributed by atoms with Crippen molar-refractivity contribution in [3.8, 4) is 0 Å². The zero-order valence-electron chi connectivity index (χ0n) is 7.77. The highest BCUT2D eigenvalue weighted by molar-refractivity contribution is 5.72. The van der Waals surface area contributed by atoms with Crippen LogP contribution in [0.4, 0.5) is 0 Å². The van der Waals surface area contributed by atoms with Gasteiger partial charge in [0.1, 0.15) is 6.04 Å². The Morgan fingerprint density at radius 2 is 2.00 bits per heavy atom. The molecule has 1 atom stereocenters. The van der Waals surface area contributed by atoms with Crippen molar-refractivity contribution >= 4 is 5.97 Å². The topological polar surface area (TPSA) is 119 Å². The van der Waals surface area contributed by atoms with Gasteiger partial charge in [-0.05, 0) is 6.92 Å². The number of hydrogen-bond donors (Lipinski definition) is 4. The molecule has 6 nitrogen and oxygen atoms in total. The van der Waals surface area contributed by atoms with Crippen LogP contribution in [0.3, 0.4) is 0 Å². The van der Waals surface area contributed by atoms with Crippen LogP contribution in [-0.2, 0) is 9.53 Å². The van der Waals surface area contributed by atoms with Gasteiger partial charge in [0.25, 0.3) is 0 Å². The molecule has 0 aromatic heterocycles. The Morgan fingerprint density at radius 1 is 1.54 bits per heavy atom. The lowest BCUT2D eigenvalue weighted by Gasteiger charge is -1.95. The first-order valence-corrected chi connectivity index (χ1v) is 3.93. The van der Waals surface area contributed by atoms with Crippen LogP contribution in [0.15, 0.2) is 0 Å². The number of nitrogens with two attached hydrogens (primary N) is 2. The quantitative estimate of drug-likeness (QED) is 0.390. The predicted octanol–water partition coefficient (Wildman–Crippen LogP) is -1.63. The predicted molar refractivity (Wildman–Crippen MR) is 48.2 cm³/mol. The lowest BCUT2D eigenvalue weighted by molar-refractivity contribution is -0.138. The molecule has 0 rings (SSSR count). The second kappa shape index (κ2) is 11.3. The van der Waals surface area contributed by atoms with Crippen molar-refractivity contribution in [2.75, 3.05) is 26.4 Å². The summed E-state index contributed by atoms with van der Waals surface area (Å²) in [5.74, 6) is -0.963. The molecule has 6 heteroatoms. The minimum absolute atomic E-state index is 0.0833. The number of rotatable bonds is 5. The average molecular weight is 194 g/mol. The summed E-state index contributed by atoms with van der Waals surface area (Å²) < 4.78 is 4.76. The van der Waals surface area contributed by atoms with Crippen molar-refractivity contribution in [2.24, 2.45) is 11.5 Å². The van der Waals surface area contributed by atoms with Gasteiger partial charge in [-0.25, -0.2) is 0 Å². The molecule has 0 radical (unpaired) electrons. The van der Waals surface area contributed by atoms with E-state index in [1.807, 2.05) is 0 Å². The maximum atomic E-state index is 9.57. The molecule has 0 spiro atoms. The summed E-state index contributed by atoms with van der Waals surface area (Å²) >= 11 is 0. The van der Waals surface area contributed by atoms with Gasteiger partial charge in [0, 0.05) is 6.54 Å². The highest BCUT2D eigenvalue weighted by Crippen LogP contribution is 1.68. The average Bonchev–Trinajstić information content (AvgIpc) is 2.06. The van der Waals surface area contributed by atoms with Crippen molar-refractivity contribution in [3.05, 3.63) is 0 Å². The molecule has 0 aromatic carbocycles. The molecule has 0 saturated heterocycles. The Bertz CT molecular complexity index is 115. The number of carboxylic acids is 1. The van der Waals surface area contributed by atoms with E-state index in [0.29, 0.717) is 19.8 Å². The van der Waals surface area contributed by atoms with E-state index >= 15 is 0 Å². The summed E-state index contributed by atoms with van der Waals surface area (Å²) in [6, 6.07) is -0.731. The van der Waals surface area contributed by atoms with Crippen LogP contribution >= 0.6 is 0 Å². The molecule has 0 aliphatic heterocycles. The standard InChI is InChI=1S/C4H11NO2.C3H7NO2/c5-1-3-7-4-2-6;1-2(4)3(5)6/h6H,1-5H2;2H,4H2,1H3,(H,5,6)/t;2-/m.0/s1. The summed E-state index contributed by atoms with van der Waals surface area (Å²) in [7, 11) is 0. The highest BCUT2D eigenvalue weighted by atomic mass is 16.5. The van der Waals surface area contributed by atoms with Gasteiger partial charge in [-0.3, -0.25) is 4.79 Å². The van der Waals surface area contributed by atoms with E-state index in [1.54, 1.807) is 0 Å². The number of ether oxygens (including phenoxy) is 1. The van der Waals surface area contributed by atoms with Crippen molar-refractivity contribution in [3.63, 3.8) is 0 Å². The Labute approximate surface area is 77.5 Å². The normalized spacial score (nSPS) is 11.4. The summed E-state index contributed by atoms with van der Waals surface area (Å²) in [6.45, 7) is 2.97. The molecule has 0 aromatic rings. The number of carboxylic acid groups (broad SMARTS) is 1. The van der Waals surface area contributed by atoms with Gasteiger partial charge in [-0.1, -0.05) is 0 Å². The minimum atomic E-state index is -0.963. The van der Waals surface area contributed by atoms with Crippen LogP contribution < -0.4 is 11.5 Å². The van der Waals surface area contributed by atoms with Crippen LogP contribution in [-0.4, -0.2) is 48.6 Å². The molecule has 80 valence electrons. The molecular formula is C7H18N2O4. The molecule has 0 aliphatic rings. The van der Waals surface area contributed by atoms with Crippen LogP contribution in [0.2, 0.25) is 0 Å². The molecule has 6 N–H and O–H groups in total. The molecule has 0 amide bonds. The van der Waals surface area contributed by atoms with E-state index < -0.39 is 12.0 Å². The number of hydrogen-bond acceptors (Lipinski definition) is 5. The van der Waals surface area contributed by atoms with Gasteiger partial charge < -0.3 is 26.4 Å². The molecule has 0 heterocycles. The van der Waals surface area contributed by atoms with E-state index in [-0.39, 0.29) is 6.61 Å². The second-order valence-corrected chi connectivity index (χ2v) is 2.25.